The highest BCUT2D eigenvalue weighted by Crippen LogP contribution is 2.40. The van der Waals surface area contributed by atoms with E-state index in [-0.39, 0.29) is 17.2 Å². The molecule has 1 aliphatic rings. The van der Waals surface area contributed by atoms with Crippen molar-refractivity contribution in [1.29, 1.82) is 0 Å². The molecule has 5 nitrogen and oxygen atoms in total. The van der Waals surface area contributed by atoms with E-state index in [4.69, 9.17) is 9.47 Å². The van der Waals surface area contributed by atoms with Gasteiger partial charge in [-0.2, -0.15) is 0 Å². The Morgan fingerprint density at radius 3 is 2.43 bits per heavy atom. The predicted molar refractivity (Wildman–Crippen MR) is 106 cm³/mol. The number of hydrogen-bond acceptors (Lipinski definition) is 4. The van der Waals surface area contributed by atoms with E-state index in [1.807, 2.05) is 44.2 Å². The minimum atomic E-state index is -0.954. The van der Waals surface area contributed by atoms with Gasteiger partial charge in [-0.3, -0.25) is 10.1 Å². The molecule has 1 heterocycles. The standard InChI is InChI=1S/C20H16FNO4.C2H6/c1-25-15-8-4-12-5-9-19-17(16(12)10-15)11-18(22(23)24)20(26-19)13-2-6-14(21)7-3-13;1-2/h2-10,18,20H,11H2,1H3;1-2H3. The van der Waals surface area contributed by atoms with E-state index in [1.54, 1.807) is 7.11 Å². The van der Waals surface area contributed by atoms with Gasteiger partial charge >= 0.3 is 0 Å². The predicted octanol–water partition coefficient (Wildman–Crippen LogP) is 5.34. The maximum Gasteiger partial charge on any atom is 0.257 e. The maximum absolute atomic E-state index is 13.2. The van der Waals surface area contributed by atoms with Gasteiger partial charge in [0.1, 0.15) is 17.3 Å². The van der Waals surface area contributed by atoms with Crippen molar-refractivity contribution in [2.45, 2.75) is 32.4 Å². The summed E-state index contributed by atoms with van der Waals surface area (Å²) in [6.07, 6.45) is -0.532. The van der Waals surface area contributed by atoms with Crippen LogP contribution in [0.1, 0.15) is 31.1 Å². The van der Waals surface area contributed by atoms with Crippen LogP contribution in [0.5, 0.6) is 11.5 Å². The van der Waals surface area contributed by atoms with Crippen molar-refractivity contribution in [3.63, 3.8) is 0 Å². The SMILES string of the molecule is CC.COc1ccc2ccc3c(c2c1)CC([N+](=O)[O-])C(c1ccc(F)cc1)O3. The topological polar surface area (TPSA) is 61.6 Å². The van der Waals surface area contributed by atoms with Crippen LogP contribution in [-0.2, 0) is 6.42 Å². The zero-order valence-electron chi connectivity index (χ0n) is 16.0. The fourth-order valence-corrected chi connectivity index (χ4v) is 3.45. The van der Waals surface area contributed by atoms with E-state index in [0.717, 1.165) is 16.3 Å². The van der Waals surface area contributed by atoms with Gasteiger partial charge in [-0.15, -0.1) is 0 Å². The van der Waals surface area contributed by atoms with Crippen molar-refractivity contribution in [3.05, 3.63) is 81.7 Å². The van der Waals surface area contributed by atoms with Crippen LogP contribution in [0.4, 0.5) is 4.39 Å². The van der Waals surface area contributed by atoms with Gasteiger partial charge in [0.05, 0.1) is 7.11 Å². The van der Waals surface area contributed by atoms with Gasteiger partial charge < -0.3 is 9.47 Å². The molecule has 0 N–H and O–H groups in total. The number of methoxy groups -OCH3 is 1. The summed E-state index contributed by atoms with van der Waals surface area (Å²) in [6, 6.07) is 14.1. The third-order valence-corrected chi connectivity index (χ3v) is 4.78. The van der Waals surface area contributed by atoms with E-state index in [0.29, 0.717) is 17.1 Å². The second-order valence-corrected chi connectivity index (χ2v) is 6.28. The molecule has 0 aliphatic carbocycles. The Labute approximate surface area is 162 Å². The number of nitro groups is 1. The molecule has 0 bridgehead atoms. The molecular formula is C22H22FNO4. The van der Waals surface area contributed by atoms with E-state index in [9.17, 15) is 14.5 Å². The van der Waals surface area contributed by atoms with Crippen LogP contribution in [0, 0.1) is 15.9 Å². The van der Waals surface area contributed by atoms with Crippen LogP contribution in [0.15, 0.2) is 54.6 Å². The normalized spacial score (nSPS) is 17.7. The maximum atomic E-state index is 13.2. The summed E-state index contributed by atoms with van der Waals surface area (Å²) >= 11 is 0. The van der Waals surface area contributed by atoms with E-state index >= 15 is 0 Å². The monoisotopic (exact) mass is 383 g/mol. The highest BCUT2D eigenvalue weighted by molar-refractivity contribution is 5.89. The fraction of sp³-hybridized carbons (Fsp3) is 0.273. The van der Waals surface area contributed by atoms with Gasteiger partial charge in [0.2, 0.25) is 0 Å². The average molecular weight is 383 g/mol. The van der Waals surface area contributed by atoms with E-state index in [2.05, 4.69) is 0 Å². The number of hydrogen-bond donors (Lipinski definition) is 0. The summed E-state index contributed by atoms with van der Waals surface area (Å²) < 4.78 is 24.5. The van der Waals surface area contributed by atoms with Crippen molar-refractivity contribution < 1.29 is 18.8 Å². The largest absolute Gasteiger partial charge is 0.497 e. The molecule has 0 fully saturated rings. The van der Waals surface area contributed by atoms with Crippen molar-refractivity contribution in [2.24, 2.45) is 0 Å². The number of fused-ring (bicyclic) bond motifs is 3. The highest BCUT2D eigenvalue weighted by Gasteiger charge is 2.40. The van der Waals surface area contributed by atoms with Gasteiger partial charge in [0.15, 0.2) is 6.10 Å². The lowest BCUT2D eigenvalue weighted by atomic mass is 9.90. The molecule has 28 heavy (non-hydrogen) atoms. The Morgan fingerprint density at radius 1 is 1.11 bits per heavy atom. The quantitative estimate of drug-likeness (QED) is 0.453. The molecule has 0 saturated heterocycles. The molecule has 2 unspecified atom stereocenters. The first-order valence-electron chi connectivity index (χ1n) is 9.22. The van der Waals surface area contributed by atoms with Crippen LogP contribution in [0.25, 0.3) is 10.8 Å². The van der Waals surface area contributed by atoms with Gasteiger partial charge in [0, 0.05) is 16.9 Å². The van der Waals surface area contributed by atoms with Crippen molar-refractivity contribution in [2.75, 3.05) is 7.11 Å². The fourth-order valence-electron chi connectivity index (χ4n) is 3.45. The summed E-state index contributed by atoms with van der Waals surface area (Å²) in [6.45, 7) is 4.00. The molecule has 3 aromatic rings. The molecule has 0 amide bonds. The van der Waals surface area contributed by atoms with Crippen LogP contribution in [-0.4, -0.2) is 18.1 Å². The summed E-state index contributed by atoms with van der Waals surface area (Å²) in [4.78, 5) is 11.4. The first-order chi connectivity index (χ1) is 13.6. The lowest BCUT2D eigenvalue weighted by Gasteiger charge is -2.29. The third kappa shape index (κ3) is 3.63. The molecule has 0 saturated carbocycles. The minimum Gasteiger partial charge on any atom is -0.497 e. The molecular weight excluding hydrogens is 361 g/mol. The minimum absolute atomic E-state index is 0.231. The molecule has 3 aromatic carbocycles. The number of ether oxygens (including phenoxy) is 2. The first-order valence-corrected chi connectivity index (χ1v) is 9.22. The summed E-state index contributed by atoms with van der Waals surface area (Å²) in [5.74, 6) is 0.906. The van der Waals surface area contributed by atoms with Crippen molar-refractivity contribution >= 4 is 10.8 Å². The number of benzene rings is 3. The molecule has 6 heteroatoms. The summed E-state index contributed by atoms with van der Waals surface area (Å²) in [5, 5.41) is 13.5. The summed E-state index contributed by atoms with van der Waals surface area (Å²) in [7, 11) is 1.58. The van der Waals surface area contributed by atoms with Gasteiger partial charge in [-0.25, -0.2) is 4.39 Å². The van der Waals surface area contributed by atoms with Crippen molar-refractivity contribution in [1.82, 2.24) is 0 Å². The van der Waals surface area contributed by atoms with Gasteiger partial charge in [-0.1, -0.05) is 38.1 Å². The van der Waals surface area contributed by atoms with Crippen molar-refractivity contribution in [3.8, 4) is 11.5 Å². The zero-order valence-corrected chi connectivity index (χ0v) is 16.0. The van der Waals surface area contributed by atoms with Crippen LogP contribution >= 0.6 is 0 Å². The molecule has 0 aromatic heterocycles. The second kappa shape index (κ2) is 8.25. The Balaban J connectivity index is 0.00000109. The molecule has 1 aliphatic heterocycles. The molecule has 146 valence electrons. The smallest absolute Gasteiger partial charge is 0.257 e. The average Bonchev–Trinajstić information content (AvgIpc) is 2.74. The van der Waals surface area contributed by atoms with E-state index in [1.165, 1.54) is 24.3 Å². The highest BCUT2D eigenvalue weighted by atomic mass is 19.1. The number of rotatable bonds is 3. The van der Waals surface area contributed by atoms with Gasteiger partial charge in [-0.05, 0) is 46.7 Å². The zero-order chi connectivity index (χ0) is 20.3. The Bertz CT molecular complexity index is 988. The summed E-state index contributed by atoms with van der Waals surface area (Å²) in [5.41, 5.74) is 1.38. The van der Waals surface area contributed by atoms with Crippen LogP contribution in [0.3, 0.4) is 0 Å². The number of halogens is 1. The Morgan fingerprint density at radius 2 is 1.79 bits per heavy atom. The molecule has 0 spiro atoms. The molecule has 4 rings (SSSR count). The second-order valence-electron chi connectivity index (χ2n) is 6.28. The van der Waals surface area contributed by atoms with Crippen LogP contribution in [0.2, 0.25) is 0 Å². The lowest BCUT2D eigenvalue weighted by molar-refractivity contribution is -0.535. The van der Waals surface area contributed by atoms with Gasteiger partial charge in [0.25, 0.3) is 6.04 Å². The molecule has 0 radical (unpaired) electrons. The third-order valence-electron chi connectivity index (χ3n) is 4.78. The van der Waals surface area contributed by atoms with E-state index < -0.39 is 12.1 Å². The Kier molecular flexibility index (Phi) is 5.78. The Hall–Kier alpha value is -3.15. The van der Waals surface area contributed by atoms with Crippen LogP contribution < -0.4 is 9.47 Å². The first kappa shape index (κ1) is 19.6. The molecule has 2 atom stereocenters. The number of nitrogens with zero attached hydrogens (tertiary/aromatic N) is 1. The lowest BCUT2D eigenvalue weighted by Crippen LogP contribution is -2.36.